The molecule has 5 nitrogen and oxygen atoms in total. The number of ketones is 1. The van der Waals surface area contributed by atoms with Crippen molar-refractivity contribution in [2.45, 2.75) is 35.6 Å². The van der Waals surface area contributed by atoms with E-state index in [0.29, 0.717) is 0 Å². The summed E-state index contributed by atoms with van der Waals surface area (Å²) in [4.78, 5) is 22.4. The molecule has 0 bridgehead atoms. The molecule has 1 aromatic rings. The molecule has 0 aliphatic heterocycles. The highest BCUT2D eigenvalue weighted by atomic mass is 35.5. The summed E-state index contributed by atoms with van der Waals surface area (Å²) in [6, 6.07) is 4.77. The molecule has 0 amide bonds. The minimum atomic E-state index is -4.85. The first-order chi connectivity index (χ1) is 10.2. The number of carboxylic acids is 1. The van der Waals surface area contributed by atoms with E-state index in [2.05, 4.69) is 0 Å². The van der Waals surface area contributed by atoms with E-state index in [-0.39, 0.29) is 30.1 Å². The van der Waals surface area contributed by atoms with Gasteiger partial charge in [-0.25, -0.2) is 17.6 Å². The van der Waals surface area contributed by atoms with E-state index in [0.717, 1.165) is 12.1 Å². The van der Waals surface area contributed by atoms with Gasteiger partial charge in [0.25, 0.3) is 0 Å². The number of rotatable bonds is 4. The van der Waals surface area contributed by atoms with Crippen LogP contribution in [0.3, 0.4) is 0 Å². The molecule has 1 aliphatic carbocycles. The molecule has 0 spiro atoms. The minimum Gasteiger partial charge on any atom is -0.478 e. The highest BCUT2D eigenvalue weighted by Crippen LogP contribution is 2.41. The third-order valence-corrected chi connectivity index (χ3v) is 6.20. The first-order valence-corrected chi connectivity index (χ1v) is 8.50. The van der Waals surface area contributed by atoms with Crippen molar-refractivity contribution in [3.8, 4) is 0 Å². The molecular formula is C14H14ClFO5S. The number of aliphatic carboxylic acids is 1. The number of carbonyl (C=O) groups is 2. The number of sulfone groups is 1. The first kappa shape index (κ1) is 16.9. The summed E-state index contributed by atoms with van der Waals surface area (Å²) in [5, 5.41) is 5.74. The molecule has 2 unspecified atom stereocenters. The summed E-state index contributed by atoms with van der Waals surface area (Å²) in [6.45, 7) is 0. The Kier molecular flexibility index (Phi) is 4.58. The number of carbonyl (C=O) groups excluding carboxylic acids is 1. The summed E-state index contributed by atoms with van der Waals surface area (Å²) in [7, 11) is -4.85. The van der Waals surface area contributed by atoms with Crippen LogP contribution < -0.4 is 0 Å². The monoisotopic (exact) mass is 348 g/mol. The second kappa shape index (κ2) is 5.96. The van der Waals surface area contributed by atoms with E-state index in [4.69, 9.17) is 11.6 Å². The maximum absolute atomic E-state index is 15.2. The molecule has 2 atom stereocenters. The summed E-state index contributed by atoms with van der Waals surface area (Å²) in [5.74, 6) is -3.84. The van der Waals surface area contributed by atoms with E-state index in [9.17, 15) is 23.1 Å². The number of hydrogen-bond donors (Lipinski definition) is 1. The topological polar surface area (TPSA) is 88.5 Å². The van der Waals surface area contributed by atoms with Gasteiger partial charge in [0.2, 0.25) is 9.84 Å². The van der Waals surface area contributed by atoms with Crippen LogP contribution >= 0.6 is 11.6 Å². The van der Waals surface area contributed by atoms with Crippen LogP contribution in [0, 0.1) is 5.92 Å². The molecule has 0 saturated heterocycles. The third-order valence-electron chi connectivity index (χ3n) is 3.80. The van der Waals surface area contributed by atoms with E-state index in [1.54, 1.807) is 0 Å². The average molecular weight is 349 g/mol. The predicted molar refractivity (Wildman–Crippen MR) is 77.1 cm³/mol. The van der Waals surface area contributed by atoms with Crippen molar-refractivity contribution in [2.75, 3.05) is 0 Å². The Morgan fingerprint density at radius 3 is 2.64 bits per heavy atom. The number of carboxylic acid groups (broad SMARTS) is 1. The lowest BCUT2D eigenvalue weighted by atomic mass is 9.84. The zero-order valence-corrected chi connectivity index (χ0v) is 13.0. The van der Waals surface area contributed by atoms with Crippen molar-refractivity contribution in [1.82, 2.24) is 0 Å². The molecule has 120 valence electrons. The van der Waals surface area contributed by atoms with Gasteiger partial charge >= 0.3 is 11.0 Å². The Balaban J connectivity index is 2.55. The lowest BCUT2D eigenvalue weighted by molar-refractivity contribution is -0.149. The Morgan fingerprint density at radius 2 is 2.09 bits per heavy atom. The number of Topliss-reactive ketones (excluding diaryl/α,β-unsaturated/α-hetero) is 1. The molecule has 0 radical (unpaired) electrons. The summed E-state index contributed by atoms with van der Waals surface area (Å²) in [5.41, 5.74) is 0. The van der Waals surface area contributed by atoms with Gasteiger partial charge in [0, 0.05) is 23.8 Å². The molecule has 1 saturated carbocycles. The molecular weight excluding hydrogens is 335 g/mol. The largest absolute Gasteiger partial charge is 0.478 e. The number of halogens is 2. The van der Waals surface area contributed by atoms with Crippen molar-refractivity contribution >= 4 is 33.2 Å². The molecule has 1 fully saturated rings. The fourth-order valence-corrected chi connectivity index (χ4v) is 4.66. The summed E-state index contributed by atoms with van der Waals surface area (Å²) in [6.07, 6.45) is 0.105. The van der Waals surface area contributed by atoms with E-state index in [1.807, 2.05) is 0 Å². The van der Waals surface area contributed by atoms with Gasteiger partial charge in [-0.15, -0.1) is 0 Å². The van der Waals surface area contributed by atoms with Crippen LogP contribution in [0.5, 0.6) is 0 Å². The van der Waals surface area contributed by atoms with Crippen molar-refractivity contribution in [2.24, 2.45) is 5.92 Å². The lowest BCUT2D eigenvalue weighted by Gasteiger charge is -2.31. The molecule has 0 heterocycles. The first-order valence-electron chi connectivity index (χ1n) is 6.64. The average Bonchev–Trinajstić information content (AvgIpc) is 2.46. The predicted octanol–water partition coefficient (Wildman–Crippen LogP) is 2.62. The van der Waals surface area contributed by atoms with Crippen molar-refractivity contribution in [1.29, 1.82) is 0 Å². The lowest BCUT2D eigenvalue weighted by Crippen LogP contribution is -2.50. The fourth-order valence-electron chi connectivity index (χ4n) is 2.66. The highest BCUT2D eigenvalue weighted by molar-refractivity contribution is 7.93. The molecule has 8 heteroatoms. The van der Waals surface area contributed by atoms with E-state index >= 15 is 4.39 Å². The van der Waals surface area contributed by atoms with Crippen LogP contribution in [0.1, 0.15) is 25.7 Å². The zero-order valence-electron chi connectivity index (χ0n) is 11.5. The van der Waals surface area contributed by atoms with Crippen LogP contribution in [-0.2, 0) is 19.4 Å². The third kappa shape index (κ3) is 2.75. The van der Waals surface area contributed by atoms with Gasteiger partial charge in [-0.2, -0.15) is 0 Å². The van der Waals surface area contributed by atoms with Gasteiger partial charge in [0.05, 0.1) is 4.90 Å². The van der Waals surface area contributed by atoms with E-state index in [1.165, 1.54) is 12.1 Å². The molecule has 1 aromatic carbocycles. The molecule has 1 aliphatic rings. The minimum absolute atomic E-state index is 0.0222. The quantitative estimate of drug-likeness (QED) is 0.903. The number of hydrogen-bond acceptors (Lipinski definition) is 4. The van der Waals surface area contributed by atoms with Crippen LogP contribution in [0.4, 0.5) is 4.39 Å². The van der Waals surface area contributed by atoms with Gasteiger partial charge < -0.3 is 5.11 Å². The Hall–Kier alpha value is -1.47. The van der Waals surface area contributed by atoms with Crippen molar-refractivity contribution < 1.29 is 27.5 Å². The van der Waals surface area contributed by atoms with Gasteiger partial charge in [0.15, 0.2) is 0 Å². The normalized spacial score (nSPS) is 22.1. The Labute approximate surface area is 132 Å². The Bertz CT molecular complexity index is 718. The number of alkyl halides is 1. The molecule has 22 heavy (non-hydrogen) atoms. The van der Waals surface area contributed by atoms with Crippen molar-refractivity contribution in [3.63, 3.8) is 0 Å². The molecule has 0 aromatic heterocycles. The second-order valence-corrected chi connectivity index (χ2v) is 7.75. The summed E-state index contributed by atoms with van der Waals surface area (Å²) < 4.78 is 40.2. The fraction of sp³-hybridized carbons (Fsp3) is 0.429. The standard InChI is InChI=1S/C14H14ClFO5S/c15-10-4-2-6-12(8-10)22(20,21)14(16,13(18)19)9-3-1-5-11(17)7-9/h2,4,6,8-9H,1,3,5,7H2,(H,18,19). The van der Waals surface area contributed by atoms with Gasteiger partial charge in [-0.1, -0.05) is 17.7 Å². The highest BCUT2D eigenvalue weighted by Gasteiger charge is 2.59. The summed E-state index contributed by atoms with van der Waals surface area (Å²) >= 11 is 5.70. The Morgan fingerprint density at radius 1 is 1.41 bits per heavy atom. The second-order valence-electron chi connectivity index (χ2n) is 5.24. The SMILES string of the molecule is O=C1CCCC(C(F)(C(=O)O)S(=O)(=O)c2cccc(Cl)c2)C1. The molecule has 1 N–H and O–H groups in total. The van der Waals surface area contributed by atoms with E-state index < -0.39 is 38.0 Å². The van der Waals surface area contributed by atoms with Gasteiger partial charge in [0.1, 0.15) is 5.78 Å². The zero-order chi connectivity index (χ0) is 16.5. The van der Waals surface area contributed by atoms with Crippen molar-refractivity contribution in [3.05, 3.63) is 29.3 Å². The van der Waals surface area contributed by atoms with Gasteiger partial charge in [-0.05, 0) is 31.0 Å². The van der Waals surface area contributed by atoms with Crippen LogP contribution in [-0.4, -0.2) is 30.3 Å². The molecule has 2 rings (SSSR count). The smallest absolute Gasteiger partial charge is 0.358 e. The van der Waals surface area contributed by atoms with Gasteiger partial charge in [-0.3, -0.25) is 4.79 Å². The van der Waals surface area contributed by atoms with Crippen LogP contribution in [0.2, 0.25) is 5.02 Å². The van der Waals surface area contributed by atoms with Crippen LogP contribution in [0.15, 0.2) is 29.2 Å². The maximum Gasteiger partial charge on any atom is 0.358 e. The number of benzene rings is 1. The van der Waals surface area contributed by atoms with Crippen LogP contribution in [0.25, 0.3) is 0 Å². The maximum atomic E-state index is 15.2.